The van der Waals surface area contributed by atoms with Gasteiger partial charge >= 0.3 is 0 Å². The van der Waals surface area contributed by atoms with Gasteiger partial charge in [-0.1, -0.05) is 150 Å². The molecule has 0 N–H and O–H groups in total. The van der Waals surface area contributed by atoms with Gasteiger partial charge in [-0.3, -0.25) is 0 Å². The molecule has 9 aromatic carbocycles. The molecule has 60 heavy (non-hydrogen) atoms. The average molecular weight is 767 g/mol. The Bertz CT molecular complexity index is 3220. The van der Waals surface area contributed by atoms with Crippen LogP contribution in [-0.4, -0.2) is 4.57 Å². The quantitative estimate of drug-likeness (QED) is 0.169. The molecule has 10 aromatic rings. The van der Waals surface area contributed by atoms with Crippen LogP contribution in [0.4, 0.5) is 17.1 Å². The minimum atomic E-state index is -0.402. The smallest absolute Gasteiger partial charge is 0.0726 e. The van der Waals surface area contributed by atoms with E-state index in [2.05, 4.69) is 230 Å². The second kappa shape index (κ2) is 13.0. The first-order chi connectivity index (χ1) is 29.5. The van der Waals surface area contributed by atoms with E-state index >= 15 is 0 Å². The zero-order valence-electron chi connectivity index (χ0n) is 33.9. The Hall–Kier alpha value is -7.42. The molecule has 2 aliphatic carbocycles. The van der Waals surface area contributed by atoms with Crippen molar-refractivity contribution in [2.24, 2.45) is 0 Å². The number of fused-ring (bicyclic) bond motifs is 13. The van der Waals surface area contributed by atoms with E-state index in [0.29, 0.717) is 0 Å². The van der Waals surface area contributed by atoms with E-state index < -0.39 is 5.41 Å². The molecule has 2 heteroatoms. The molecule has 2 aliphatic rings. The molecule has 0 saturated carbocycles. The summed E-state index contributed by atoms with van der Waals surface area (Å²) < 4.78 is 2.40. The standard InChI is InChI=1S/C58H42N2/c1-37-19-27-42(28-20-37)59(56-18-10-17-53-57(56)47-13-6-9-16-52(47)58(53)50-14-7-4-11-45(50)46-12-5-8-15-51(46)58)43-29-23-40(24-30-43)41-25-31-44(32-26-41)60-54-33-21-38(2)35-48(54)49-36-39(3)22-34-55(49)60/h4-36H,1-3H3. The minimum Gasteiger partial charge on any atom is -0.310 e. The summed E-state index contributed by atoms with van der Waals surface area (Å²) in [6.45, 7) is 6.51. The number of hydrogen-bond acceptors (Lipinski definition) is 1. The molecule has 0 amide bonds. The lowest BCUT2D eigenvalue weighted by molar-refractivity contribution is 0.794. The molecule has 2 nitrogen and oxygen atoms in total. The van der Waals surface area contributed by atoms with Crippen LogP contribution < -0.4 is 4.90 Å². The number of anilines is 3. The molecule has 0 saturated heterocycles. The molecule has 1 heterocycles. The first kappa shape index (κ1) is 34.6. The predicted octanol–water partition coefficient (Wildman–Crippen LogP) is 15.2. The Morgan fingerprint density at radius 2 is 0.833 bits per heavy atom. The summed E-state index contributed by atoms with van der Waals surface area (Å²) >= 11 is 0. The third-order valence-electron chi connectivity index (χ3n) is 13.2. The van der Waals surface area contributed by atoms with E-state index in [-0.39, 0.29) is 0 Å². The summed E-state index contributed by atoms with van der Waals surface area (Å²) in [6, 6.07) is 74.9. The molecule has 1 spiro atoms. The van der Waals surface area contributed by atoms with Gasteiger partial charge < -0.3 is 9.47 Å². The molecule has 12 rings (SSSR count). The Morgan fingerprint density at radius 1 is 0.383 bits per heavy atom. The summed E-state index contributed by atoms with van der Waals surface area (Å²) in [5, 5.41) is 2.60. The van der Waals surface area contributed by atoms with E-state index in [1.807, 2.05) is 0 Å². The maximum absolute atomic E-state index is 2.46. The van der Waals surface area contributed by atoms with Crippen molar-refractivity contribution < 1.29 is 0 Å². The predicted molar refractivity (Wildman–Crippen MR) is 251 cm³/mol. The van der Waals surface area contributed by atoms with Crippen molar-refractivity contribution in [3.8, 4) is 39.1 Å². The lowest BCUT2D eigenvalue weighted by atomic mass is 9.70. The van der Waals surface area contributed by atoms with Crippen molar-refractivity contribution in [3.63, 3.8) is 0 Å². The van der Waals surface area contributed by atoms with Gasteiger partial charge in [0.1, 0.15) is 0 Å². The maximum Gasteiger partial charge on any atom is 0.0726 e. The van der Waals surface area contributed by atoms with E-state index in [0.717, 1.165) is 17.1 Å². The Morgan fingerprint density at radius 3 is 1.40 bits per heavy atom. The summed E-state index contributed by atoms with van der Waals surface area (Å²) in [5.41, 5.74) is 23.4. The van der Waals surface area contributed by atoms with Crippen LogP contribution in [0.3, 0.4) is 0 Å². The fourth-order valence-electron chi connectivity index (χ4n) is 10.6. The Labute approximate surface area is 351 Å². The van der Waals surface area contributed by atoms with E-state index in [1.54, 1.807) is 0 Å². The van der Waals surface area contributed by atoms with Crippen molar-refractivity contribution in [2.45, 2.75) is 26.2 Å². The second-order valence-corrected chi connectivity index (χ2v) is 16.7. The van der Waals surface area contributed by atoms with E-state index in [1.165, 1.54) is 99.8 Å². The van der Waals surface area contributed by atoms with Gasteiger partial charge in [-0.2, -0.15) is 0 Å². The Kier molecular flexibility index (Phi) is 7.52. The normalized spacial score (nSPS) is 13.1. The zero-order valence-corrected chi connectivity index (χ0v) is 33.9. The highest BCUT2D eigenvalue weighted by Gasteiger charge is 2.52. The molecule has 0 fully saturated rings. The van der Waals surface area contributed by atoms with Crippen molar-refractivity contribution in [2.75, 3.05) is 4.90 Å². The van der Waals surface area contributed by atoms with Crippen molar-refractivity contribution in [1.82, 2.24) is 4.57 Å². The van der Waals surface area contributed by atoms with Crippen LogP contribution in [0.1, 0.15) is 38.9 Å². The van der Waals surface area contributed by atoms with Gasteiger partial charge in [0.05, 0.1) is 22.1 Å². The van der Waals surface area contributed by atoms with Gasteiger partial charge in [-0.15, -0.1) is 0 Å². The van der Waals surface area contributed by atoms with Gasteiger partial charge in [-0.05, 0) is 138 Å². The van der Waals surface area contributed by atoms with Gasteiger partial charge in [0.15, 0.2) is 0 Å². The highest BCUT2D eigenvalue weighted by atomic mass is 15.1. The first-order valence-electron chi connectivity index (χ1n) is 21.0. The number of aromatic nitrogens is 1. The topological polar surface area (TPSA) is 8.17 Å². The van der Waals surface area contributed by atoms with Crippen LogP contribution in [0.5, 0.6) is 0 Å². The first-order valence-corrected chi connectivity index (χ1v) is 21.0. The van der Waals surface area contributed by atoms with Crippen molar-refractivity contribution in [3.05, 3.63) is 239 Å². The van der Waals surface area contributed by atoms with Crippen LogP contribution in [0.25, 0.3) is 60.9 Å². The molecule has 0 aliphatic heterocycles. The fourth-order valence-corrected chi connectivity index (χ4v) is 10.6. The second-order valence-electron chi connectivity index (χ2n) is 16.7. The number of benzene rings is 9. The largest absolute Gasteiger partial charge is 0.310 e. The van der Waals surface area contributed by atoms with E-state index in [9.17, 15) is 0 Å². The van der Waals surface area contributed by atoms with Crippen LogP contribution in [0, 0.1) is 20.8 Å². The summed E-state index contributed by atoms with van der Waals surface area (Å²) in [6.07, 6.45) is 0. The minimum absolute atomic E-state index is 0.402. The number of hydrogen-bond donors (Lipinski definition) is 0. The molecule has 0 unspecified atom stereocenters. The number of aryl methyl sites for hydroxylation is 3. The number of nitrogens with zero attached hydrogens (tertiary/aromatic N) is 2. The third-order valence-corrected chi connectivity index (χ3v) is 13.2. The summed E-state index contributed by atoms with van der Waals surface area (Å²) in [4.78, 5) is 2.46. The maximum atomic E-state index is 2.46. The van der Waals surface area contributed by atoms with Crippen LogP contribution in [-0.2, 0) is 5.41 Å². The van der Waals surface area contributed by atoms with Gasteiger partial charge in [0.2, 0.25) is 0 Å². The zero-order chi connectivity index (χ0) is 40.1. The molecule has 1 aromatic heterocycles. The van der Waals surface area contributed by atoms with E-state index in [4.69, 9.17) is 0 Å². The Balaban J connectivity index is 0.984. The average Bonchev–Trinajstić information content (AvgIpc) is 3.89. The molecule has 0 bridgehead atoms. The highest BCUT2D eigenvalue weighted by molar-refractivity contribution is 6.10. The summed E-state index contributed by atoms with van der Waals surface area (Å²) in [7, 11) is 0. The monoisotopic (exact) mass is 766 g/mol. The highest BCUT2D eigenvalue weighted by Crippen LogP contribution is 2.64. The SMILES string of the molecule is Cc1ccc(N(c2ccc(-c3ccc(-n4c5ccc(C)cc5c5cc(C)ccc54)cc3)cc2)c2cccc3c2-c2ccccc2C32c3ccccc3-c3ccccc32)cc1. The molecule has 0 atom stereocenters. The van der Waals surface area contributed by atoms with Crippen LogP contribution in [0.2, 0.25) is 0 Å². The van der Waals surface area contributed by atoms with Crippen molar-refractivity contribution in [1.29, 1.82) is 0 Å². The van der Waals surface area contributed by atoms with Crippen LogP contribution in [0.15, 0.2) is 200 Å². The van der Waals surface area contributed by atoms with Gasteiger partial charge in [0, 0.05) is 33.4 Å². The fraction of sp³-hybridized carbons (Fsp3) is 0.0690. The third kappa shape index (κ3) is 4.88. The molecular formula is C58H42N2. The molecular weight excluding hydrogens is 725 g/mol. The van der Waals surface area contributed by atoms with Crippen LogP contribution >= 0.6 is 0 Å². The molecule has 284 valence electrons. The number of rotatable bonds is 5. The lowest BCUT2D eigenvalue weighted by Crippen LogP contribution is -2.26. The lowest BCUT2D eigenvalue weighted by Gasteiger charge is -2.32. The summed E-state index contributed by atoms with van der Waals surface area (Å²) in [5.74, 6) is 0. The van der Waals surface area contributed by atoms with Gasteiger partial charge in [-0.25, -0.2) is 0 Å². The van der Waals surface area contributed by atoms with Crippen molar-refractivity contribution >= 4 is 38.9 Å². The van der Waals surface area contributed by atoms with Gasteiger partial charge in [0.25, 0.3) is 0 Å². The molecule has 0 radical (unpaired) electrons.